The molecule has 1 heterocycles. The lowest BCUT2D eigenvalue weighted by atomic mass is 10.0. The molecule has 20 heavy (non-hydrogen) atoms. The van der Waals surface area contributed by atoms with E-state index in [-0.39, 0.29) is 5.91 Å². The number of amides is 1. The Balaban J connectivity index is 2.02. The van der Waals surface area contributed by atoms with Crippen molar-refractivity contribution in [3.63, 3.8) is 0 Å². The molecule has 2 rings (SSSR count). The summed E-state index contributed by atoms with van der Waals surface area (Å²) in [6.45, 7) is 8.65. The third-order valence-electron chi connectivity index (χ3n) is 4.40. The van der Waals surface area contributed by atoms with Crippen molar-refractivity contribution in [2.75, 3.05) is 25.0 Å². The normalized spacial score (nSPS) is 15.8. The third kappa shape index (κ3) is 3.30. The Labute approximate surface area is 121 Å². The van der Waals surface area contributed by atoms with Crippen molar-refractivity contribution in [1.29, 1.82) is 0 Å². The molecule has 1 aromatic rings. The molecular formula is C16H25N3O. The molecule has 1 aromatic heterocycles. The van der Waals surface area contributed by atoms with E-state index in [9.17, 15) is 4.79 Å². The Morgan fingerprint density at radius 2 is 2.05 bits per heavy atom. The Bertz CT molecular complexity index is 465. The number of hydrogen-bond donors (Lipinski definition) is 1. The molecule has 1 fully saturated rings. The van der Waals surface area contributed by atoms with Gasteiger partial charge in [0.05, 0.1) is 0 Å². The summed E-state index contributed by atoms with van der Waals surface area (Å²) >= 11 is 0. The fraction of sp³-hybridized carbons (Fsp3) is 0.625. The van der Waals surface area contributed by atoms with E-state index in [1.54, 1.807) is 11.1 Å². The number of carbonyl (C=O) groups is 1. The second-order valence-corrected chi connectivity index (χ2v) is 5.61. The van der Waals surface area contributed by atoms with Crippen LogP contribution in [-0.4, -0.2) is 35.4 Å². The second-order valence-electron chi connectivity index (χ2n) is 5.61. The van der Waals surface area contributed by atoms with Crippen LogP contribution in [0.3, 0.4) is 0 Å². The molecule has 0 radical (unpaired) electrons. The molecule has 4 heteroatoms. The van der Waals surface area contributed by atoms with Crippen LogP contribution in [0.15, 0.2) is 18.3 Å². The maximum atomic E-state index is 12.3. The summed E-state index contributed by atoms with van der Waals surface area (Å²) in [6, 6.07) is 3.80. The Morgan fingerprint density at radius 3 is 2.60 bits per heavy atom. The first kappa shape index (κ1) is 14.8. The molecule has 1 amide bonds. The molecule has 1 N–H and O–H groups in total. The number of rotatable bonds is 7. The fourth-order valence-corrected chi connectivity index (χ4v) is 2.45. The number of nitrogens with zero attached hydrogens (tertiary/aromatic N) is 2. The molecule has 0 atom stereocenters. The van der Waals surface area contributed by atoms with Crippen molar-refractivity contribution >= 4 is 11.6 Å². The van der Waals surface area contributed by atoms with E-state index in [1.165, 1.54) is 19.3 Å². The van der Waals surface area contributed by atoms with Crippen molar-refractivity contribution in [1.82, 2.24) is 9.88 Å². The lowest BCUT2D eigenvalue weighted by Crippen LogP contribution is -2.31. The highest BCUT2D eigenvalue weighted by molar-refractivity contribution is 5.93. The van der Waals surface area contributed by atoms with Gasteiger partial charge in [-0.15, -0.1) is 0 Å². The van der Waals surface area contributed by atoms with Gasteiger partial charge in [-0.25, -0.2) is 0 Å². The highest BCUT2D eigenvalue weighted by Gasteiger charge is 2.40. The second kappa shape index (κ2) is 6.25. The van der Waals surface area contributed by atoms with E-state index < -0.39 is 0 Å². The topological polar surface area (TPSA) is 45.2 Å². The van der Waals surface area contributed by atoms with Crippen LogP contribution >= 0.6 is 0 Å². The standard InChI is InChI=1S/C16H25N3O/c1-4-16(8-9-16)12-18-13-7-10-17-14(11-13)15(20)19(5-2)6-3/h7,10-11H,4-6,8-9,12H2,1-3H3,(H,17,18). The predicted octanol–water partition coefficient (Wildman–Crippen LogP) is 3.17. The monoisotopic (exact) mass is 275 g/mol. The van der Waals surface area contributed by atoms with Crippen LogP contribution < -0.4 is 5.32 Å². The van der Waals surface area contributed by atoms with Crippen LogP contribution in [-0.2, 0) is 0 Å². The van der Waals surface area contributed by atoms with Crippen molar-refractivity contribution in [3.05, 3.63) is 24.0 Å². The van der Waals surface area contributed by atoms with Crippen LogP contribution in [0.4, 0.5) is 5.69 Å². The SMILES string of the molecule is CCN(CC)C(=O)c1cc(NCC2(CC)CC2)ccn1. The summed E-state index contributed by atoms with van der Waals surface area (Å²) in [5.74, 6) is 0.00952. The van der Waals surface area contributed by atoms with Crippen LogP contribution in [0, 0.1) is 5.41 Å². The van der Waals surface area contributed by atoms with Crippen molar-refractivity contribution < 1.29 is 4.79 Å². The maximum absolute atomic E-state index is 12.3. The molecule has 0 saturated heterocycles. The van der Waals surface area contributed by atoms with Crippen molar-refractivity contribution in [2.24, 2.45) is 5.41 Å². The van der Waals surface area contributed by atoms with Gasteiger partial charge in [0.1, 0.15) is 5.69 Å². The van der Waals surface area contributed by atoms with E-state index >= 15 is 0 Å². The Kier molecular flexibility index (Phi) is 4.63. The first-order valence-electron chi connectivity index (χ1n) is 7.63. The largest absolute Gasteiger partial charge is 0.384 e. The molecular weight excluding hydrogens is 250 g/mol. The summed E-state index contributed by atoms with van der Waals surface area (Å²) in [5.41, 5.74) is 2.02. The van der Waals surface area contributed by atoms with Crippen molar-refractivity contribution in [3.8, 4) is 0 Å². The van der Waals surface area contributed by atoms with Gasteiger partial charge in [0.2, 0.25) is 0 Å². The molecule has 0 bridgehead atoms. The van der Waals surface area contributed by atoms with Gasteiger partial charge in [0, 0.05) is 31.5 Å². The summed E-state index contributed by atoms with van der Waals surface area (Å²) in [4.78, 5) is 18.3. The minimum Gasteiger partial charge on any atom is -0.384 e. The summed E-state index contributed by atoms with van der Waals surface area (Å²) in [6.07, 6.45) is 5.56. The van der Waals surface area contributed by atoms with Gasteiger partial charge in [-0.3, -0.25) is 9.78 Å². The van der Waals surface area contributed by atoms with Crippen LogP contribution in [0.1, 0.15) is 50.5 Å². The molecule has 0 aliphatic heterocycles. The molecule has 0 aromatic carbocycles. The smallest absolute Gasteiger partial charge is 0.272 e. The van der Waals surface area contributed by atoms with Gasteiger partial charge < -0.3 is 10.2 Å². The van der Waals surface area contributed by atoms with E-state index in [0.717, 1.165) is 12.2 Å². The van der Waals surface area contributed by atoms with Gasteiger partial charge in [0.25, 0.3) is 5.91 Å². The molecule has 1 aliphatic rings. The fourth-order valence-electron chi connectivity index (χ4n) is 2.45. The lowest BCUT2D eigenvalue weighted by Gasteiger charge is -2.19. The highest BCUT2D eigenvalue weighted by Crippen LogP contribution is 2.48. The number of anilines is 1. The molecule has 1 saturated carbocycles. The summed E-state index contributed by atoms with van der Waals surface area (Å²) in [5, 5.41) is 3.46. The Hall–Kier alpha value is -1.58. The minimum absolute atomic E-state index is 0.00952. The van der Waals surface area contributed by atoms with E-state index in [1.807, 2.05) is 26.0 Å². The zero-order valence-electron chi connectivity index (χ0n) is 12.8. The summed E-state index contributed by atoms with van der Waals surface area (Å²) < 4.78 is 0. The van der Waals surface area contributed by atoms with Gasteiger partial charge in [-0.2, -0.15) is 0 Å². The highest BCUT2D eigenvalue weighted by atomic mass is 16.2. The quantitative estimate of drug-likeness (QED) is 0.831. The van der Waals surface area contributed by atoms with Gasteiger partial charge in [-0.05, 0) is 50.7 Å². The number of carbonyl (C=O) groups excluding carboxylic acids is 1. The zero-order valence-corrected chi connectivity index (χ0v) is 12.8. The lowest BCUT2D eigenvalue weighted by molar-refractivity contribution is 0.0767. The number of pyridine rings is 1. The van der Waals surface area contributed by atoms with Crippen LogP contribution in [0.2, 0.25) is 0 Å². The van der Waals surface area contributed by atoms with Crippen LogP contribution in [0.25, 0.3) is 0 Å². The average Bonchev–Trinajstić information content (AvgIpc) is 3.27. The number of hydrogen-bond acceptors (Lipinski definition) is 3. The van der Waals surface area contributed by atoms with Gasteiger partial charge in [0.15, 0.2) is 0 Å². The maximum Gasteiger partial charge on any atom is 0.272 e. The molecule has 4 nitrogen and oxygen atoms in total. The Morgan fingerprint density at radius 1 is 1.35 bits per heavy atom. The van der Waals surface area contributed by atoms with Gasteiger partial charge >= 0.3 is 0 Å². The number of aromatic nitrogens is 1. The first-order chi connectivity index (χ1) is 9.64. The minimum atomic E-state index is 0.00952. The summed E-state index contributed by atoms with van der Waals surface area (Å²) in [7, 11) is 0. The van der Waals surface area contributed by atoms with Crippen molar-refractivity contribution in [2.45, 2.75) is 40.0 Å². The molecule has 110 valence electrons. The van der Waals surface area contributed by atoms with Gasteiger partial charge in [-0.1, -0.05) is 6.92 Å². The van der Waals surface area contributed by atoms with E-state index in [0.29, 0.717) is 24.2 Å². The average molecular weight is 275 g/mol. The third-order valence-corrected chi connectivity index (χ3v) is 4.40. The first-order valence-corrected chi connectivity index (χ1v) is 7.63. The van der Waals surface area contributed by atoms with E-state index in [4.69, 9.17) is 0 Å². The molecule has 1 aliphatic carbocycles. The zero-order chi connectivity index (χ0) is 14.6. The predicted molar refractivity (Wildman–Crippen MR) is 81.9 cm³/mol. The molecule has 0 unspecified atom stereocenters. The van der Waals surface area contributed by atoms with Crippen LogP contribution in [0.5, 0.6) is 0 Å². The van der Waals surface area contributed by atoms with E-state index in [2.05, 4.69) is 17.2 Å². The molecule has 0 spiro atoms. The number of nitrogens with one attached hydrogen (secondary N) is 1.